The Morgan fingerprint density at radius 2 is 1.79 bits per heavy atom. The fourth-order valence-electron chi connectivity index (χ4n) is 2.56. The molecule has 0 saturated heterocycles. The number of rotatable bonds is 10. The molecule has 0 aliphatic heterocycles. The molecule has 9 heteroatoms. The Bertz CT molecular complexity index is 884. The number of sulfonamides is 1. The lowest BCUT2D eigenvalue weighted by atomic mass is 10.1. The van der Waals surface area contributed by atoms with Crippen LogP contribution >= 0.6 is 11.8 Å². The minimum absolute atomic E-state index is 0.0650. The average molecular weight is 426 g/mol. The SMILES string of the molecule is COC(=O)CN(CCc1ccccc1SCO)S(=O)(=O)c1ccc(OC)cc1. The first kappa shape index (κ1) is 22.2. The van der Waals surface area contributed by atoms with Crippen LogP contribution in [0.4, 0.5) is 0 Å². The van der Waals surface area contributed by atoms with Crippen molar-refractivity contribution in [1.82, 2.24) is 4.31 Å². The molecular formula is C19H23NO6S2. The highest BCUT2D eigenvalue weighted by Gasteiger charge is 2.27. The second-order valence-electron chi connectivity index (χ2n) is 5.72. The highest BCUT2D eigenvalue weighted by molar-refractivity contribution is 7.99. The molecule has 0 unspecified atom stereocenters. The van der Waals surface area contributed by atoms with E-state index in [0.29, 0.717) is 12.2 Å². The number of hydrogen-bond donors (Lipinski definition) is 1. The summed E-state index contributed by atoms with van der Waals surface area (Å²) in [5.74, 6) is -0.184. The van der Waals surface area contributed by atoms with Crippen molar-refractivity contribution in [3.05, 3.63) is 54.1 Å². The molecule has 0 radical (unpaired) electrons. The average Bonchev–Trinajstić information content (AvgIpc) is 2.72. The second-order valence-corrected chi connectivity index (χ2v) is 8.65. The van der Waals surface area contributed by atoms with Crippen molar-refractivity contribution in [2.45, 2.75) is 16.2 Å². The van der Waals surface area contributed by atoms with Crippen LogP contribution in [0.15, 0.2) is 58.3 Å². The summed E-state index contributed by atoms with van der Waals surface area (Å²) in [6.45, 7) is -0.299. The summed E-state index contributed by atoms with van der Waals surface area (Å²) in [7, 11) is -1.19. The van der Waals surface area contributed by atoms with Gasteiger partial charge in [-0.1, -0.05) is 30.0 Å². The van der Waals surface area contributed by atoms with Crippen LogP contribution in [-0.4, -0.2) is 57.0 Å². The van der Waals surface area contributed by atoms with Gasteiger partial charge in [0.1, 0.15) is 12.3 Å². The first-order valence-corrected chi connectivity index (χ1v) is 10.9. The van der Waals surface area contributed by atoms with Gasteiger partial charge in [-0.3, -0.25) is 4.79 Å². The molecule has 152 valence electrons. The number of nitrogens with zero attached hydrogens (tertiary/aromatic N) is 1. The molecule has 0 heterocycles. The molecule has 0 amide bonds. The number of hydrogen-bond acceptors (Lipinski definition) is 7. The zero-order valence-corrected chi connectivity index (χ0v) is 17.3. The Balaban J connectivity index is 2.27. The first-order valence-electron chi connectivity index (χ1n) is 8.45. The van der Waals surface area contributed by atoms with Gasteiger partial charge < -0.3 is 14.6 Å². The largest absolute Gasteiger partial charge is 0.497 e. The van der Waals surface area contributed by atoms with Crippen LogP contribution in [0.1, 0.15) is 5.56 Å². The summed E-state index contributed by atoms with van der Waals surface area (Å²) in [6, 6.07) is 13.4. The number of carbonyl (C=O) groups is 1. The lowest BCUT2D eigenvalue weighted by molar-refractivity contribution is -0.140. The molecular weight excluding hydrogens is 402 g/mol. The van der Waals surface area contributed by atoms with E-state index >= 15 is 0 Å². The second kappa shape index (κ2) is 10.5. The molecule has 2 aromatic rings. The Kier molecular flexibility index (Phi) is 8.31. The quantitative estimate of drug-likeness (QED) is 0.354. The molecule has 7 nitrogen and oxygen atoms in total. The lowest BCUT2D eigenvalue weighted by Crippen LogP contribution is -2.37. The van der Waals surface area contributed by atoms with E-state index in [1.165, 1.54) is 38.1 Å². The van der Waals surface area contributed by atoms with Gasteiger partial charge in [-0.25, -0.2) is 8.42 Å². The number of esters is 1. The third-order valence-electron chi connectivity index (χ3n) is 4.05. The van der Waals surface area contributed by atoms with Gasteiger partial charge in [-0.2, -0.15) is 4.31 Å². The van der Waals surface area contributed by atoms with Crippen molar-refractivity contribution in [3.8, 4) is 5.75 Å². The number of carbonyl (C=O) groups excluding carboxylic acids is 1. The molecule has 0 spiro atoms. The summed E-state index contributed by atoms with van der Waals surface area (Å²) in [4.78, 5) is 12.7. The highest BCUT2D eigenvalue weighted by Crippen LogP contribution is 2.24. The summed E-state index contributed by atoms with van der Waals surface area (Å²) >= 11 is 1.26. The van der Waals surface area contributed by atoms with Gasteiger partial charge in [0.15, 0.2) is 0 Å². The molecule has 0 bridgehead atoms. The van der Waals surface area contributed by atoms with Gasteiger partial charge in [-0.05, 0) is 42.3 Å². The number of methoxy groups -OCH3 is 2. The van der Waals surface area contributed by atoms with E-state index in [1.54, 1.807) is 12.1 Å². The molecule has 0 aliphatic rings. The van der Waals surface area contributed by atoms with Gasteiger partial charge in [0.2, 0.25) is 10.0 Å². The molecule has 0 saturated carbocycles. The van der Waals surface area contributed by atoms with E-state index in [9.17, 15) is 18.3 Å². The minimum Gasteiger partial charge on any atom is -0.497 e. The Labute approximate surface area is 169 Å². The maximum atomic E-state index is 13.0. The number of aliphatic hydroxyl groups excluding tert-OH is 1. The predicted molar refractivity (Wildman–Crippen MR) is 107 cm³/mol. The van der Waals surface area contributed by atoms with E-state index in [-0.39, 0.29) is 23.9 Å². The molecule has 0 fully saturated rings. The van der Waals surface area contributed by atoms with Crippen LogP contribution in [0, 0.1) is 0 Å². The van der Waals surface area contributed by atoms with Crippen LogP contribution in [0.2, 0.25) is 0 Å². The Hall–Kier alpha value is -2.07. The Morgan fingerprint density at radius 1 is 1.11 bits per heavy atom. The molecule has 2 rings (SSSR count). The van der Waals surface area contributed by atoms with Crippen molar-refractivity contribution in [2.75, 3.05) is 33.2 Å². The van der Waals surface area contributed by atoms with E-state index in [1.807, 2.05) is 24.3 Å². The molecule has 0 aromatic heterocycles. The minimum atomic E-state index is -3.91. The lowest BCUT2D eigenvalue weighted by Gasteiger charge is -2.22. The van der Waals surface area contributed by atoms with E-state index in [0.717, 1.165) is 14.8 Å². The monoisotopic (exact) mass is 425 g/mol. The molecule has 0 atom stereocenters. The van der Waals surface area contributed by atoms with E-state index in [2.05, 4.69) is 4.74 Å². The van der Waals surface area contributed by atoms with Crippen molar-refractivity contribution in [1.29, 1.82) is 0 Å². The summed E-state index contributed by atoms with van der Waals surface area (Å²) in [5, 5.41) is 9.18. The van der Waals surface area contributed by atoms with Gasteiger partial charge in [0.25, 0.3) is 0 Å². The topological polar surface area (TPSA) is 93.1 Å². The zero-order chi connectivity index (χ0) is 20.6. The summed E-state index contributed by atoms with van der Waals surface area (Å²) < 4.78 is 36.9. The molecule has 1 N–H and O–H groups in total. The third-order valence-corrected chi connectivity index (χ3v) is 6.75. The smallest absolute Gasteiger partial charge is 0.321 e. The van der Waals surface area contributed by atoms with E-state index in [4.69, 9.17) is 4.74 Å². The molecule has 2 aromatic carbocycles. The summed E-state index contributed by atoms with van der Waals surface area (Å²) in [6.07, 6.45) is 0.384. The number of benzene rings is 2. The molecule has 0 aliphatic carbocycles. The maximum Gasteiger partial charge on any atom is 0.321 e. The number of aliphatic hydroxyl groups is 1. The fraction of sp³-hybridized carbons (Fsp3) is 0.316. The van der Waals surface area contributed by atoms with Gasteiger partial charge in [0.05, 0.1) is 25.1 Å². The van der Waals surface area contributed by atoms with Crippen LogP contribution in [0.5, 0.6) is 5.75 Å². The Morgan fingerprint density at radius 3 is 2.39 bits per heavy atom. The third kappa shape index (κ3) is 5.71. The predicted octanol–water partition coefficient (Wildman–Crippen LogP) is 2.14. The summed E-state index contributed by atoms with van der Waals surface area (Å²) in [5.41, 5.74) is 0.890. The van der Waals surface area contributed by atoms with Crippen molar-refractivity contribution in [2.24, 2.45) is 0 Å². The number of thioether (sulfide) groups is 1. The maximum absolute atomic E-state index is 13.0. The highest BCUT2D eigenvalue weighted by atomic mass is 32.2. The normalized spacial score (nSPS) is 11.4. The van der Waals surface area contributed by atoms with Gasteiger partial charge in [-0.15, -0.1) is 0 Å². The van der Waals surface area contributed by atoms with Crippen molar-refractivity contribution in [3.63, 3.8) is 0 Å². The van der Waals surface area contributed by atoms with Gasteiger partial charge in [0, 0.05) is 11.4 Å². The van der Waals surface area contributed by atoms with Crippen LogP contribution in [-0.2, 0) is 26.0 Å². The van der Waals surface area contributed by atoms with Crippen LogP contribution < -0.4 is 4.74 Å². The van der Waals surface area contributed by atoms with Crippen LogP contribution in [0.25, 0.3) is 0 Å². The first-order chi connectivity index (χ1) is 13.4. The van der Waals surface area contributed by atoms with Crippen molar-refractivity contribution >= 4 is 27.8 Å². The van der Waals surface area contributed by atoms with Gasteiger partial charge >= 0.3 is 5.97 Å². The van der Waals surface area contributed by atoms with Crippen molar-refractivity contribution < 1.29 is 27.8 Å². The van der Waals surface area contributed by atoms with Crippen LogP contribution in [0.3, 0.4) is 0 Å². The standard InChI is InChI=1S/C19H23NO6S2/c1-25-16-7-9-17(10-8-16)28(23,24)20(13-19(22)26-2)12-11-15-5-3-4-6-18(15)27-14-21/h3-10,21H,11-14H2,1-2H3. The number of ether oxygens (including phenoxy) is 2. The zero-order valence-electron chi connectivity index (χ0n) is 15.7. The molecule has 28 heavy (non-hydrogen) atoms. The van der Waals surface area contributed by atoms with E-state index < -0.39 is 16.0 Å². The fourth-order valence-corrected chi connectivity index (χ4v) is 4.61.